The van der Waals surface area contributed by atoms with Gasteiger partial charge < -0.3 is 14.8 Å². The van der Waals surface area contributed by atoms with Crippen LogP contribution in [0, 0.1) is 0 Å². The van der Waals surface area contributed by atoms with E-state index in [2.05, 4.69) is 26.2 Å². The molecule has 158 valence electrons. The first-order valence-electron chi connectivity index (χ1n) is 9.47. The molecular formula is C19H28N6O4. The van der Waals surface area contributed by atoms with Crippen LogP contribution in [0.4, 0.5) is 4.79 Å². The lowest BCUT2D eigenvalue weighted by Gasteiger charge is -2.20. The number of hydrogen-bond acceptors (Lipinski definition) is 8. The zero-order valence-corrected chi connectivity index (χ0v) is 17.2. The highest BCUT2D eigenvalue weighted by Crippen LogP contribution is 2.13. The Morgan fingerprint density at radius 3 is 2.55 bits per heavy atom. The van der Waals surface area contributed by atoms with Gasteiger partial charge in [-0.05, 0) is 43.7 Å². The largest absolute Gasteiger partial charge is 0.464 e. The minimum atomic E-state index is -0.867. The predicted molar refractivity (Wildman–Crippen MR) is 105 cm³/mol. The number of esters is 1. The van der Waals surface area contributed by atoms with Crippen molar-refractivity contribution in [3.63, 3.8) is 0 Å². The van der Waals surface area contributed by atoms with Gasteiger partial charge in [0.1, 0.15) is 5.60 Å². The summed E-state index contributed by atoms with van der Waals surface area (Å²) < 4.78 is 11.9. The maximum Gasteiger partial charge on any atom is 0.407 e. The minimum absolute atomic E-state index is 0.230. The number of nitrogens with one attached hydrogen (secondary N) is 2. The third-order valence-electron chi connectivity index (χ3n) is 3.66. The molecule has 0 radical (unpaired) electrons. The van der Waals surface area contributed by atoms with Gasteiger partial charge in [0, 0.05) is 13.1 Å². The molecule has 2 rings (SSSR count). The molecule has 2 N–H and O–H groups in total. The fraction of sp³-hybridized carbons (Fsp3) is 0.526. The molecule has 1 heterocycles. The smallest absolute Gasteiger partial charge is 0.407 e. The average Bonchev–Trinajstić information content (AvgIpc) is 3.09. The van der Waals surface area contributed by atoms with Crippen molar-refractivity contribution in [3.8, 4) is 0 Å². The van der Waals surface area contributed by atoms with Crippen LogP contribution in [0.3, 0.4) is 0 Å². The van der Waals surface area contributed by atoms with Gasteiger partial charge in [-0.25, -0.2) is 14.3 Å². The van der Waals surface area contributed by atoms with E-state index in [1.54, 1.807) is 32.4 Å². The van der Waals surface area contributed by atoms with Crippen LogP contribution in [-0.4, -0.2) is 57.6 Å². The molecule has 0 aliphatic rings. The maximum atomic E-state index is 12.5. The number of aromatic nitrogens is 4. The fourth-order valence-corrected chi connectivity index (χ4v) is 2.49. The highest BCUT2D eigenvalue weighted by atomic mass is 16.6. The standard InChI is InChI=1S/C19H28N6O4/c1-5-28-17(26)15(20-11-12-21-18(27)29-19(2,3)4)16-22-23-24-25(16)13-14-9-7-6-8-10-14/h6-10,15,20H,5,11-13H2,1-4H3,(H,21,27). The van der Waals surface area contributed by atoms with Crippen molar-refractivity contribution >= 4 is 12.1 Å². The first-order chi connectivity index (χ1) is 13.8. The summed E-state index contributed by atoms with van der Waals surface area (Å²) in [4.78, 5) is 24.2. The topological polar surface area (TPSA) is 120 Å². The number of nitrogens with zero attached hydrogens (tertiary/aromatic N) is 4. The summed E-state index contributed by atoms with van der Waals surface area (Å²) in [5, 5.41) is 17.4. The van der Waals surface area contributed by atoms with E-state index in [0.717, 1.165) is 5.56 Å². The van der Waals surface area contributed by atoms with E-state index >= 15 is 0 Å². The number of hydrogen-bond donors (Lipinski definition) is 2. The van der Waals surface area contributed by atoms with Gasteiger partial charge in [0.15, 0.2) is 11.9 Å². The van der Waals surface area contributed by atoms with E-state index < -0.39 is 23.7 Å². The van der Waals surface area contributed by atoms with Crippen molar-refractivity contribution in [1.82, 2.24) is 30.8 Å². The summed E-state index contributed by atoms with van der Waals surface area (Å²) in [7, 11) is 0. The second kappa shape index (κ2) is 10.5. The van der Waals surface area contributed by atoms with Gasteiger partial charge in [0.05, 0.1) is 13.2 Å². The zero-order valence-electron chi connectivity index (χ0n) is 17.2. The van der Waals surface area contributed by atoms with Gasteiger partial charge in [0.2, 0.25) is 0 Å². The van der Waals surface area contributed by atoms with E-state index in [4.69, 9.17) is 9.47 Å². The van der Waals surface area contributed by atoms with Crippen LogP contribution in [-0.2, 0) is 20.8 Å². The molecule has 10 heteroatoms. The van der Waals surface area contributed by atoms with Gasteiger partial charge in [0.25, 0.3) is 0 Å². The number of alkyl carbamates (subject to hydrolysis) is 1. The molecule has 2 aromatic rings. The average molecular weight is 404 g/mol. The predicted octanol–water partition coefficient (Wildman–Crippen LogP) is 1.44. The molecule has 0 aliphatic heterocycles. The summed E-state index contributed by atoms with van der Waals surface area (Å²) >= 11 is 0. The Balaban J connectivity index is 2.01. The summed E-state index contributed by atoms with van der Waals surface area (Å²) in [6.45, 7) is 8.28. The summed E-state index contributed by atoms with van der Waals surface area (Å²) in [5.74, 6) is -0.154. The number of carbonyl (C=O) groups excluding carboxylic acids is 2. The van der Waals surface area contributed by atoms with Gasteiger partial charge in [-0.2, -0.15) is 0 Å². The fourth-order valence-electron chi connectivity index (χ4n) is 2.49. The van der Waals surface area contributed by atoms with Crippen LogP contribution >= 0.6 is 0 Å². The number of benzene rings is 1. The van der Waals surface area contributed by atoms with Crippen LogP contribution in [0.25, 0.3) is 0 Å². The van der Waals surface area contributed by atoms with E-state index in [1.807, 2.05) is 30.3 Å². The second-order valence-electron chi connectivity index (χ2n) is 7.25. The van der Waals surface area contributed by atoms with Crippen molar-refractivity contribution < 1.29 is 19.1 Å². The number of rotatable bonds is 9. The lowest BCUT2D eigenvalue weighted by molar-refractivity contribution is -0.146. The molecule has 1 atom stereocenters. The Kier molecular flexibility index (Phi) is 8.08. The van der Waals surface area contributed by atoms with Crippen molar-refractivity contribution in [2.75, 3.05) is 19.7 Å². The van der Waals surface area contributed by atoms with Crippen molar-refractivity contribution in [1.29, 1.82) is 0 Å². The van der Waals surface area contributed by atoms with Gasteiger partial charge in [-0.1, -0.05) is 30.3 Å². The zero-order chi connectivity index (χ0) is 21.3. The van der Waals surface area contributed by atoms with Crippen LogP contribution in [0.2, 0.25) is 0 Å². The summed E-state index contributed by atoms with van der Waals surface area (Å²) in [6, 6.07) is 8.79. The Morgan fingerprint density at radius 2 is 1.90 bits per heavy atom. The number of tetrazole rings is 1. The Hall–Kier alpha value is -3.01. The molecular weight excluding hydrogens is 376 g/mol. The molecule has 1 aromatic heterocycles. The molecule has 1 aromatic carbocycles. The summed E-state index contributed by atoms with van der Waals surface area (Å²) in [6.07, 6.45) is -0.527. The number of amides is 1. The highest BCUT2D eigenvalue weighted by Gasteiger charge is 2.27. The first kappa shape index (κ1) is 22.3. The van der Waals surface area contributed by atoms with Crippen LogP contribution < -0.4 is 10.6 Å². The van der Waals surface area contributed by atoms with E-state index in [1.165, 1.54) is 0 Å². The lowest BCUT2D eigenvalue weighted by atomic mass is 10.2. The van der Waals surface area contributed by atoms with Crippen molar-refractivity contribution in [2.45, 2.75) is 45.9 Å². The van der Waals surface area contributed by atoms with E-state index in [-0.39, 0.29) is 13.2 Å². The number of carbonyl (C=O) groups is 2. The number of ether oxygens (including phenoxy) is 2. The van der Waals surface area contributed by atoms with E-state index in [0.29, 0.717) is 18.9 Å². The third-order valence-corrected chi connectivity index (χ3v) is 3.66. The van der Waals surface area contributed by atoms with E-state index in [9.17, 15) is 9.59 Å². The second-order valence-corrected chi connectivity index (χ2v) is 7.25. The lowest BCUT2D eigenvalue weighted by Crippen LogP contribution is -2.40. The third kappa shape index (κ3) is 7.49. The molecule has 0 spiro atoms. The van der Waals surface area contributed by atoms with Crippen LogP contribution in [0.15, 0.2) is 30.3 Å². The monoisotopic (exact) mass is 404 g/mol. The van der Waals surface area contributed by atoms with Crippen molar-refractivity contribution in [3.05, 3.63) is 41.7 Å². The molecule has 10 nitrogen and oxygen atoms in total. The van der Waals surface area contributed by atoms with Gasteiger partial charge in [-0.3, -0.25) is 5.32 Å². The molecule has 29 heavy (non-hydrogen) atoms. The molecule has 1 amide bonds. The Bertz CT molecular complexity index is 787. The highest BCUT2D eigenvalue weighted by molar-refractivity contribution is 5.76. The van der Waals surface area contributed by atoms with Crippen LogP contribution in [0.1, 0.15) is 45.1 Å². The van der Waals surface area contributed by atoms with Crippen LogP contribution in [0.5, 0.6) is 0 Å². The Morgan fingerprint density at radius 1 is 1.17 bits per heavy atom. The maximum absolute atomic E-state index is 12.5. The minimum Gasteiger partial charge on any atom is -0.464 e. The molecule has 0 aliphatic carbocycles. The SMILES string of the molecule is CCOC(=O)C(NCCNC(=O)OC(C)(C)C)c1nnnn1Cc1ccccc1. The molecule has 0 fully saturated rings. The first-order valence-corrected chi connectivity index (χ1v) is 9.47. The Labute approximate surface area is 170 Å². The molecule has 1 unspecified atom stereocenters. The molecule has 0 saturated heterocycles. The van der Waals surface area contributed by atoms with Crippen molar-refractivity contribution in [2.24, 2.45) is 0 Å². The van der Waals surface area contributed by atoms with Gasteiger partial charge in [-0.15, -0.1) is 5.10 Å². The van der Waals surface area contributed by atoms with Gasteiger partial charge >= 0.3 is 12.1 Å². The molecule has 0 saturated carbocycles. The molecule has 0 bridgehead atoms. The summed E-state index contributed by atoms with van der Waals surface area (Å²) in [5.41, 5.74) is 0.417. The normalized spacial score (nSPS) is 12.3. The quantitative estimate of drug-likeness (QED) is 0.476.